The summed E-state index contributed by atoms with van der Waals surface area (Å²) in [7, 11) is 6.46. The van der Waals surface area contributed by atoms with E-state index in [9.17, 15) is 4.79 Å². The van der Waals surface area contributed by atoms with Crippen molar-refractivity contribution in [3.05, 3.63) is 72.1 Å². The molecule has 1 amide bonds. The molecular weight excluding hydrogens is 458 g/mol. The van der Waals surface area contributed by atoms with Gasteiger partial charge in [0.2, 0.25) is 0 Å². The van der Waals surface area contributed by atoms with Crippen LogP contribution in [0.1, 0.15) is 28.8 Å². The van der Waals surface area contributed by atoms with E-state index >= 15 is 0 Å². The van der Waals surface area contributed by atoms with Crippen molar-refractivity contribution in [2.45, 2.75) is 19.3 Å². The summed E-state index contributed by atoms with van der Waals surface area (Å²) in [6.07, 6.45) is 5.97. The van der Waals surface area contributed by atoms with E-state index < -0.39 is 0 Å². The second kappa shape index (κ2) is 13.9. The number of methoxy groups -OCH3 is 4. The van der Waals surface area contributed by atoms with Crippen LogP contribution in [0, 0.1) is 0 Å². The zero-order chi connectivity index (χ0) is 25.8. The lowest BCUT2D eigenvalue weighted by atomic mass is 10.1. The third-order valence-corrected chi connectivity index (χ3v) is 5.85. The van der Waals surface area contributed by atoms with Crippen LogP contribution < -0.4 is 29.2 Å². The van der Waals surface area contributed by atoms with Crippen LogP contribution in [-0.2, 0) is 6.42 Å². The fourth-order valence-electron chi connectivity index (χ4n) is 3.93. The van der Waals surface area contributed by atoms with Gasteiger partial charge in [-0.15, -0.1) is 0 Å². The highest BCUT2D eigenvalue weighted by molar-refractivity contribution is 6.06. The Balaban J connectivity index is 1.55. The predicted octanol–water partition coefficient (Wildman–Crippen LogP) is 4.38. The monoisotopic (exact) mass is 493 g/mol. The largest absolute Gasteiger partial charge is 0.493 e. The zero-order valence-corrected chi connectivity index (χ0v) is 21.5. The summed E-state index contributed by atoms with van der Waals surface area (Å²) >= 11 is 0. The smallest absolute Gasteiger partial charge is 0.258 e. The van der Waals surface area contributed by atoms with Crippen LogP contribution in [0.4, 0.5) is 5.69 Å². The molecule has 3 aromatic rings. The second-order valence-electron chi connectivity index (χ2n) is 8.13. The number of hydrogen-bond donors (Lipinski definition) is 1. The molecule has 0 unspecified atom stereocenters. The van der Waals surface area contributed by atoms with Crippen molar-refractivity contribution in [3.63, 3.8) is 0 Å². The molecule has 0 spiro atoms. The minimum Gasteiger partial charge on any atom is -0.493 e. The Morgan fingerprint density at radius 3 is 2.06 bits per heavy atom. The van der Waals surface area contributed by atoms with Gasteiger partial charge in [-0.05, 0) is 74.3 Å². The van der Waals surface area contributed by atoms with Crippen LogP contribution >= 0.6 is 0 Å². The van der Waals surface area contributed by atoms with Crippen molar-refractivity contribution in [1.82, 2.24) is 10.3 Å². The van der Waals surface area contributed by atoms with Gasteiger partial charge in [-0.3, -0.25) is 9.78 Å². The summed E-state index contributed by atoms with van der Waals surface area (Å²) in [4.78, 5) is 19.1. The van der Waals surface area contributed by atoms with Crippen LogP contribution in [-0.4, -0.2) is 59.0 Å². The van der Waals surface area contributed by atoms with Gasteiger partial charge in [0, 0.05) is 36.3 Å². The molecule has 8 heteroatoms. The molecule has 1 heterocycles. The molecule has 8 nitrogen and oxygen atoms in total. The third-order valence-electron chi connectivity index (χ3n) is 5.85. The first-order valence-electron chi connectivity index (χ1n) is 12.0. The minimum absolute atomic E-state index is 0.0851. The highest BCUT2D eigenvalue weighted by Crippen LogP contribution is 2.32. The molecule has 192 valence electrons. The lowest BCUT2D eigenvalue weighted by Gasteiger charge is -2.24. The molecule has 0 fully saturated rings. The summed E-state index contributed by atoms with van der Waals surface area (Å²) in [6, 6.07) is 15.0. The Kier molecular flexibility index (Phi) is 10.4. The van der Waals surface area contributed by atoms with Crippen molar-refractivity contribution in [3.8, 4) is 23.0 Å². The number of nitrogens with zero attached hydrogens (tertiary/aromatic N) is 2. The van der Waals surface area contributed by atoms with Crippen LogP contribution in [0.2, 0.25) is 0 Å². The van der Waals surface area contributed by atoms with Gasteiger partial charge >= 0.3 is 0 Å². The number of benzene rings is 2. The zero-order valence-electron chi connectivity index (χ0n) is 21.5. The minimum atomic E-state index is -0.0851. The van der Waals surface area contributed by atoms with Gasteiger partial charge in [0.05, 0.1) is 28.4 Å². The number of carbonyl (C=O) groups is 1. The molecule has 0 aliphatic heterocycles. The number of pyridine rings is 1. The molecular formula is C28H35N3O5. The second-order valence-corrected chi connectivity index (χ2v) is 8.13. The number of anilines is 1. The first-order chi connectivity index (χ1) is 17.6. The highest BCUT2D eigenvalue weighted by atomic mass is 16.5. The van der Waals surface area contributed by atoms with Gasteiger partial charge in [0.25, 0.3) is 5.91 Å². The Morgan fingerprint density at radius 1 is 0.778 bits per heavy atom. The molecule has 0 aliphatic carbocycles. The summed E-state index contributed by atoms with van der Waals surface area (Å²) in [5.41, 5.74) is 2.54. The normalized spacial score (nSPS) is 10.6. The molecule has 0 bridgehead atoms. The van der Waals surface area contributed by atoms with Crippen LogP contribution in [0.15, 0.2) is 60.9 Å². The summed E-state index contributed by atoms with van der Waals surface area (Å²) in [5.74, 6) is 2.60. The maximum atomic E-state index is 13.3. The van der Waals surface area contributed by atoms with Crippen molar-refractivity contribution in [2.24, 2.45) is 0 Å². The molecule has 1 aromatic heterocycles. The maximum absolute atomic E-state index is 13.3. The van der Waals surface area contributed by atoms with E-state index in [1.54, 1.807) is 57.9 Å². The Labute approximate surface area is 213 Å². The topological polar surface area (TPSA) is 82.2 Å². The van der Waals surface area contributed by atoms with Gasteiger partial charge in [0.15, 0.2) is 23.0 Å². The molecule has 0 saturated heterocycles. The first-order valence-corrected chi connectivity index (χ1v) is 12.0. The van der Waals surface area contributed by atoms with E-state index in [0.717, 1.165) is 49.5 Å². The average Bonchev–Trinajstić information content (AvgIpc) is 2.94. The third kappa shape index (κ3) is 7.11. The van der Waals surface area contributed by atoms with Crippen molar-refractivity contribution in [2.75, 3.05) is 53.0 Å². The quantitative estimate of drug-likeness (QED) is 0.334. The number of hydrogen-bond acceptors (Lipinski definition) is 7. The molecule has 0 atom stereocenters. The average molecular weight is 494 g/mol. The fraction of sp³-hybridized carbons (Fsp3) is 0.357. The number of carbonyl (C=O) groups excluding carboxylic acids is 1. The number of nitrogens with one attached hydrogen (secondary N) is 1. The highest BCUT2D eigenvalue weighted by Gasteiger charge is 2.19. The lowest BCUT2D eigenvalue weighted by Crippen LogP contribution is -2.33. The predicted molar refractivity (Wildman–Crippen MR) is 141 cm³/mol. The molecule has 2 aromatic carbocycles. The van der Waals surface area contributed by atoms with E-state index in [0.29, 0.717) is 23.6 Å². The van der Waals surface area contributed by atoms with Crippen LogP contribution in [0.5, 0.6) is 23.0 Å². The van der Waals surface area contributed by atoms with Crippen molar-refractivity contribution in [1.29, 1.82) is 0 Å². The number of aromatic nitrogens is 1. The number of amides is 1. The number of ether oxygens (including phenoxy) is 4. The van der Waals surface area contributed by atoms with Crippen molar-refractivity contribution >= 4 is 11.6 Å². The van der Waals surface area contributed by atoms with Gasteiger partial charge in [-0.1, -0.05) is 6.07 Å². The van der Waals surface area contributed by atoms with E-state index in [2.05, 4.69) is 16.4 Å². The number of rotatable bonds is 14. The van der Waals surface area contributed by atoms with Crippen LogP contribution in [0.3, 0.4) is 0 Å². The van der Waals surface area contributed by atoms with Crippen LogP contribution in [0.25, 0.3) is 0 Å². The molecule has 36 heavy (non-hydrogen) atoms. The molecule has 0 saturated carbocycles. The maximum Gasteiger partial charge on any atom is 0.258 e. The molecule has 1 N–H and O–H groups in total. The van der Waals surface area contributed by atoms with E-state index in [-0.39, 0.29) is 5.91 Å². The van der Waals surface area contributed by atoms with Gasteiger partial charge in [-0.25, -0.2) is 0 Å². The number of aryl methyl sites for hydroxylation is 1. The van der Waals surface area contributed by atoms with Gasteiger partial charge < -0.3 is 29.2 Å². The molecule has 0 aliphatic rings. The van der Waals surface area contributed by atoms with Gasteiger partial charge in [-0.2, -0.15) is 0 Å². The molecule has 0 radical (unpaired) electrons. The Bertz CT molecular complexity index is 1110. The Morgan fingerprint density at radius 2 is 1.39 bits per heavy atom. The Hall–Kier alpha value is -3.78. The van der Waals surface area contributed by atoms with E-state index in [4.69, 9.17) is 18.9 Å². The first kappa shape index (κ1) is 26.8. The SMILES string of the molecule is COc1ccc(CCCNCCCN(C(=O)c2ccncc2)c2ccc(OC)c(OC)c2)cc1OC. The molecule has 3 rings (SSSR count). The summed E-state index contributed by atoms with van der Waals surface area (Å²) in [6.45, 7) is 2.22. The van der Waals surface area contributed by atoms with Crippen molar-refractivity contribution < 1.29 is 23.7 Å². The summed E-state index contributed by atoms with van der Waals surface area (Å²) < 4.78 is 21.5. The lowest BCUT2D eigenvalue weighted by molar-refractivity contribution is 0.0986. The fourth-order valence-corrected chi connectivity index (χ4v) is 3.93. The standard InChI is InChI=1S/C28H35N3O5/c1-33-24-10-8-21(19-26(24)35-3)7-5-14-29-15-6-18-31(28(32)22-12-16-30-17-13-22)23-9-11-25(34-2)27(20-23)36-4/h8-13,16-17,19-20,29H,5-7,14-15,18H2,1-4H3. The summed E-state index contributed by atoms with van der Waals surface area (Å²) in [5, 5.41) is 3.48. The van der Waals surface area contributed by atoms with Gasteiger partial charge in [0.1, 0.15) is 0 Å². The van der Waals surface area contributed by atoms with E-state index in [1.807, 2.05) is 30.3 Å². The van der Waals surface area contributed by atoms with E-state index in [1.165, 1.54) is 5.56 Å².